The molecule has 3 N–H and O–H groups in total. The average Bonchev–Trinajstić information content (AvgIpc) is 3.38. The molecular formula is C23H23FN4O2. The lowest BCUT2D eigenvalue weighted by molar-refractivity contribution is -0.142. The van der Waals surface area contributed by atoms with Gasteiger partial charge in [0.15, 0.2) is 0 Å². The van der Waals surface area contributed by atoms with Gasteiger partial charge in [-0.1, -0.05) is 36.4 Å². The normalized spacial score (nSPS) is 28.1. The van der Waals surface area contributed by atoms with Crippen molar-refractivity contribution in [3.63, 3.8) is 0 Å². The second-order valence-electron chi connectivity index (χ2n) is 8.37. The summed E-state index contributed by atoms with van der Waals surface area (Å²) in [6.45, 7) is 1.04. The minimum absolute atomic E-state index is 0.00231. The molecule has 3 aliphatic heterocycles. The van der Waals surface area contributed by atoms with Gasteiger partial charge in [-0.25, -0.2) is 4.39 Å². The molecule has 2 aromatic rings. The first-order valence-electron chi connectivity index (χ1n) is 10.3. The number of nitrogens with zero attached hydrogens (tertiary/aromatic N) is 2. The van der Waals surface area contributed by atoms with Crippen LogP contribution in [0.1, 0.15) is 35.6 Å². The van der Waals surface area contributed by atoms with Gasteiger partial charge >= 0.3 is 0 Å². The van der Waals surface area contributed by atoms with Crippen molar-refractivity contribution in [3.05, 3.63) is 71.0 Å². The highest BCUT2D eigenvalue weighted by Crippen LogP contribution is 2.53. The van der Waals surface area contributed by atoms with Crippen molar-refractivity contribution in [2.75, 3.05) is 6.54 Å². The Kier molecular flexibility index (Phi) is 4.43. The van der Waals surface area contributed by atoms with Crippen LogP contribution in [0, 0.1) is 23.1 Å². The second-order valence-corrected chi connectivity index (χ2v) is 8.37. The third-order valence-corrected chi connectivity index (χ3v) is 6.76. The number of hydrogen-bond acceptors (Lipinski definition) is 4. The van der Waals surface area contributed by atoms with Crippen LogP contribution < -0.4 is 5.73 Å². The van der Waals surface area contributed by atoms with Gasteiger partial charge in [0.25, 0.3) is 0 Å². The standard InChI is InChI=1S/C23H23FN4O2/c24-16-9-3-13(4-10-16)12-28-22(29)18-17-2-1-11-27(17)20(19(18)23(28)30)14-5-7-15(8-6-14)21(25)26/h3-10,17-20H,1-2,11-12H2,(H3,25,26)/t17?,18-,19-,20-/m0/s1. The monoisotopic (exact) mass is 406 g/mol. The van der Waals surface area contributed by atoms with Gasteiger partial charge < -0.3 is 5.73 Å². The fourth-order valence-electron chi connectivity index (χ4n) is 5.45. The number of likely N-dealkylation sites (tertiary alicyclic amines) is 1. The van der Waals surface area contributed by atoms with Crippen LogP contribution in [0.2, 0.25) is 0 Å². The molecule has 0 aromatic heterocycles. The van der Waals surface area contributed by atoms with E-state index in [1.54, 1.807) is 24.3 Å². The zero-order chi connectivity index (χ0) is 21.0. The molecule has 4 atom stereocenters. The first kappa shape index (κ1) is 18.9. The summed E-state index contributed by atoms with van der Waals surface area (Å²) in [5.41, 5.74) is 7.93. The zero-order valence-electron chi connectivity index (χ0n) is 16.4. The number of benzene rings is 2. The Morgan fingerprint density at radius 2 is 1.70 bits per heavy atom. The Labute approximate surface area is 174 Å². The lowest BCUT2D eigenvalue weighted by atomic mass is 9.85. The molecule has 2 amide bonds. The maximum absolute atomic E-state index is 13.4. The number of carbonyl (C=O) groups excluding carboxylic acids is 2. The SMILES string of the molecule is N=C(N)c1ccc([C@H]2[C@H]3C(=O)N(Cc4ccc(F)cc4)C(=O)[C@H]3C3CCCN32)cc1. The number of imide groups is 1. The molecule has 0 bridgehead atoms. The number of rotatable bonds is 4. The van der Waals surface area contributed by atoms with E-state index in [9.17, 15) is 14.0 Å². The van der Waals surface area contributed by atoms with E-state index in [-0.39, 0.29) is 48.0 Å². The zero-order valence-corrected chi connectivity index (χ0v) is 16.4. The number of fused-ring (bicyclic) bond motifs is 3. The smallest absolute Gasteiger partial charge is 0.235 e. The minimum atomic E-state index is -0.411. The van der Waals surface area contributed by atoms with Crippen LogP contribution in [0.3, 0.4) is 0 Å². The summed E-state index contributed by atoms with van der Waals surface area (Å²) in [6.07, 6.45) is 1.92. The van der Waals surface area contributed by atoms with Gasteiger partial charge in [-0.05, 0) is 42.6 Å². The molecule has 2 aromatic carbocycles. The third-order valence-electron chi connectivity index (χ3n) is 6.76. The first-order chi connectivity index (χ1) is 14.5. The molecule has 1 unspecified atom stereocenters. The third kappa shape index (κ3) is 2.84. The lowest BCUT2D eigenvalue weighted by Crippen LogP contribution is -2.38. The van der Waals surface area contributed by atoms with Crippen molar-refractivity contribution in [2.45, 2.75) is 31.5 Å². The number of nitrogen functional groups attached to an aromatic ring is 1. The molecule has 0 spiro atoms. The maximum atomic E-state index is 13.4. The minimum Gasteiger partial charge on any atom is -0.384 e. The maximum Gasteiger partial charge on any atom is 0.235 e. The van der Waals surface area contributed by atoms with Crippen LogP contribution in [0.4, 0.5) is 4.39 Å². The number of amides is 2. The summed E-state index contributed by atoms with van der Waals surface area (Å²) in [5.74, 6) is -1.35. The van der Waals surface area contributed by atoms with Gasteiger partial charge in [0, 0.05) is 17.6 Å². The molecule has 3 saturated heterocycles. The molecular weight excluding hydrogens is 383 g/mol. The molecule has 6 nitrogen and oxygen atoms in total. The van der Waals surface area contributed by atoms with Crippen molar-refractivity contribution in [1.82, 2.24) is 9.80 Å². The van der Waals surface area contributed by atoms with Crippen LogP contribution in [0.25, 0.3) is 0 Å². The Morgan fingerprint density at radius 1 is 1.03 bits per heavy atom. The Morgan fingerprint density at radius 3 is 2.37 bits per heavy atom. The van der Waals surface area contributed by atoms with Gasteiger partial charge in [0.2, 0.25) is 11.8 Å². The van der Waals surface area contributed by atoms with E-state index in [2.05, 4.69) is 4.90 Å². The molecule has 3 fully saturated rings. The summed E-state index contributed by atoms with van der Waals surface area (Å²) in [6, 6.07) is 13.3. The molecule has 30 heavy (non-hydrogen) atoms. The molecule has 3 aliphatic rings. The summed E-state index contributed by atoms with van der Waals surface area (Å²) in [5, 5.41) is 7.59. The molecule has 0 aliphatic carbocycles. The van der Waals surface area contributed by atoms with E-state index in [0.29, 0.717) is 5.56 Å². The first-order valence-corrected chi connectivity index (χ1v) is 10.3. The topological polar surface area (TPSA) is 90.5 Å². The molecule has 0 saturated carbocycles. The molecule has 5 rings (SSSR count). The van der Waals surface area contributed by atoms with E-state index in [1.165, 1.54) is 17.0 Å². The van der Waals surface area contributed by atoms with Crippen molar-refractivity contribution in [1.29, 1.82) is 5.41 Å². The number of amidine groups is 1. The van der Waals surface area contributed by atoms with Gasteiger partial charge in [-0.15, -0.1) is 0 Å². The van der Waals surface area contributed by atoms with E-state index >= 15 is 0 Å². The lowest BCUT2D eigenvalue weighted by Gasteiger charge is -2.29. The molecule has 3 heterocycles. The van der Waals surface area contributed by atoms with E-state index in [0.717, 1.165) is 30.5 Å². The predicted octanol–water partition coefficient (Wildman–Crippen LogP) is 2.43. The number of nitrogens with one attached hydrogen (secondary N) is 1. The van der Waals surface area contributed by atoms with Gasteiger partial charge in [0.05, 0.1) is 18.4 Å². The van der Waals surface area contributed by atoms with Gasteiger partial charge in [0.1, 0.15) is 11.7 Å². The van der Waals surface area contributed by atoms with Crippen LogP contribution in [-0.2, 0) is 16.1 Å². The second kappa shape index (κ2) is 7.02. The van der Waals surface area contributed by atoms with Crippen molar-refractivity contribution in [2.24, 2.45) is 17.6 Å². The Hall–Kier alpha value is -3.06. The van der Waals surface area contributed by atoms with Crippen LogP contribution in [0.15, 0.2) is 48.5 Å². The van der Waals surface area contributed by atoms with Crippen molar-refractivity contribution < 1.29 is 14.0 Å². The van der Waals surface area contributed by atoms with Crippen LogP contribution in [0.5, 0.6) is 0 Å². The number of halogens is 1. The Balaban J connectivity index is 1.48. The number of carbonyl (C=O) groups is 2. The van der Waals surface area contributed by atoms with Crippen LogP contribution >= 0.6 is 0 Å². The summed E-state index contributed by atoms with van der Waals surface area (Å²) >= 11 is 0. The highest BCUT2D eigenvalue weighted by molar-refractivity contribution is 6.06. The van der Waals surface area contributed by atoms with Crippen molar-refractivity contribution >= 4 is 17.6 Å². The average molecular weight is 406 g/mol. The Bertz CT molecular complexity index is 1020. The quantitative estimate of drug-likeness (QED) is 0.464. The van der Waals surface area contributed by atoms with E-state index in [4.69, 9.17) is 11.1 Å². The molecule has 0 radical (unpaired) electrons. The van der Waals surface area contributed by atoms with Gasteiger partial charge in [-0.3, -0.25) is 24.8 Å². The summed E-state index contributed by atoms with van der Waals surface area (Å²) in [4.78, 5) is 30.4. The predicted molar refractivity (Wildman–Crippen MR) is 109 cm³/mol. The highest BCUT2D eigenvalue weighted by Gasteiger charge is 2.62. The van der Waals surface area contributed by atoms with Crippen molar-refractivity contribution in [3.8, 4) is 0 Å². The van der Waals surface area contributed by atoms with E-state index < -0.39 is 5.92 Å². The summed E-state index contributed by atoms with van der Waals surface area (Å²) < 4.78 is 13.2. The fourth-order valence-corrected chi connectivity index (χ4v) is 5.45. The largest absolute Gasteiger partial charge is 0.384 e. The van der Waals surface area contributed by atoms with E-state index in [1.807, 2.05) is 12.1 Å². The summed E-state index contributed by atoms with van der Waals surface area (Å²) in [7, 11) is 0. The molecule has 154 valence electrons. The fraction of sp³-hybridized carbons (Fsp3) is 0.348. The number of hydrogen-bond donors (Lipinski definition) is 2. The highest BCUT2D eigenvalue weighted by atomic mass is 19.1. The van der Waals surface area contributed by atoms with Gasteiger partial charge in [-0.2, -0.15) is 0 Å². The number of nitrogens with two attached hydrogens (primary N) is 1. The molecule has 7 heteroatoms. The van der Waals surface area contributed by atoms with Crippen LogP contribution in [-0.4, -0.2) is 40.0 Å².